The van der Waals surface area contributed by atoms with Gasteiger partial charge in [0.25, 0.3) is 0 Å². The summed E-state index contributed by atoms with van der Waals surface area (Å²) < 4.78 is 0. The number of rotatable bonds is 7. The topological polar surface area (TPSA) is 47.6 Å². The Labute approximate surface area is 163 Å². The molecule has 6 heteroatoms. The first-order chi connectivity index (χ1) is 12.3. The molecule has 0 spiro atoms. The summed E-state index contributed by atoms with van der Waals surface area (Å²) in [5.74, 6) is 0.483. The molecule has 1 aromatic carbocycles. The van der Waals surface area contributed by atoms with E-state index < -0.39 is 0 Å². The molecule has 0 aliphatic carbocycles. The number of amides is 1. The lowest BCUT2D eigenvalue weighted by atomic mass is 9.97. The molecular weight excluding hydrogens is 348 g/mol. The minimum absolute atomic E-state index is 0. The maximum absolute atomic E-state index is 12.1. The average Bonchev–Trinajstić information content (AvgIpc) is 2.68. The Morgan fingerprint density at radius 3 is 2.38 bits per heavy atom. The smallest absolute Gasteiger partial charge is 0.223 e. The van der Waals surface area contributed by atoms with E-state index in [2.05, 4.69) is 50.8 Å². The van der Waals surface area contributed by atoms with Crippen molar-refractivity contribution in [3.8, 4) is 0 Å². The van der Waals surface area contributed by atoms with Crippen LogP contribution in [0, 0.1) is 5.92 Å². The zero-order valence-corrected chi connectivity index (χ0v) is 16.5. The molecule has 2 heterocycles. The molecule has 2 aliphatic rings. The van der Waals surface area contributed by atoms with Gasteiger partial charge in [0.05, 0.1) is 0 Å². The van der Waals surface area contributed by atoms with Crippen LogP contribution in [0.5, 0.6) is 0 Å². The Hall–Kier alpha value is -1.14. The lowest BCUT2D eigenvalue weighted by Crippen LogP contribution is -2.46. The lowest BCUT2D eigenvalue weighted by molar-refractivity contribution is -0.125. The van der Waals surface area contributed by atoms with Crippen LogP contribution < -0.4 is 10.6 Å². The van der Waals surface area contributed by atoms with Crippen molar-refractivity contribution in [1.82, 2.24) is 20.4 Å². The number of hydrogen-bond donors (Lipinski definition) is 2. The lowest BCUT2D eigenvalue weighted by Gasteiger charge is -2.34. The number of benzene rings is 1. The second-order valence-corrected chi connectivity index (χ2v) is 7.27. The molecular formula is C20H33ClN4O. The van der Waals surface area contributed by atoms with E-state index in [0.717, 1.165) is 78.2 Å². The highest BCUT2D eigenvalue weighted by Crippen LogP contribution is 2.11. The number of carbonyl (C=O) groups excluding carboxylic acids is 1. The molecule has 2 N–H and O–H groups in total. The summed E-state index contributed by atoms with van der Waals surface area (Å²) in [5, 5.41) is 6.44. The van der Waals surface area contributed by atoms with E-state index in [1.165, 1.54) is 5.56 Å². The van der Waals surface area contributed by atoms with E-state index >= 15 is 0 Å². The predicted molar refractivity (Wildman–Crippen MR) is 109 cm³/mol. The standard InChI is InChI=1S/C20H32N4O.ClH/c25-20(19-7-10-21-11-8-19)22-9-4-12-23-13-15-24(16-14-23)17-18-5-2-1-3-6-18;/h1-3,5-6,19,21H,4,7-17H2,(H,22,25);1H. The van der Waals surface area contributed by atoms with Crippen LogP contribution in [0.25, 0.3) is 0 Å². The summed E-state index contributed by atoms with van der Waals surface area (Å²) >= 11 is 0. The molecule has 0 unspecified atom stereocenters. The first-order valence-corrected chi connectivity index (χ1v) is 9.78. The molecule has 0 saturated carbocycles. The second kappa shape index (κ2) is 11.5. The van der Waals surface area contributed by atoms with E-state index in [1.807, 2.05) is 0 Å². The fourth-order valence-electron chi connectivity index (χ4n) is 3.76. The highest BCUT2D eigenvalue weighted by Gasteiger charge is 2.20. The molecule has 3 rings (SSSR count). The molecule has 2 fully saturated rings. The predicted octanol–water partition coefficient (Wildman–Crippen LogP) is 1.73. The quantitative estimate of drug-likeness (QED) is 0.707. The van der Waals surface area contributed by atoms with Crippen LogP contribution >= 0.6 is 12.4 Å². The Morgan fingerprint density at radius 1 is 1.04 bits per heavy atom. The van der Waals surface area contributed by atoms with Crippen LogP contribution in [0.15, 0.2) is 30.3 Å². The van der Waals surface area contributed by atoms with Gasteiger partial charge in [-0.3, -0.25) is 9.69 Å². The second-order valence-electron chi connectivity index (χ2n) is 7.27. The monoisotopic (exact) mass is 380 g/mol. The Bertz CT molecular complexity index is 514. The van der Waals surface area contributed by atoms with Crippen LogP contribution in [0.4, 0.5) is 0 Å². The van der Waals surface area contributed by atoms with Gasteiger partial charge in [-0.1, -0.05) is 30.3 Å². The Kier molecular flexibility index (Phi) is 9.40. The normalized spacial score (nSPS) is 19.7. The zero-order valence-electron chi connectivity index (χ0n) is 15.7. The van der Waals surface area contributed by atoms with Crippen molar-refractivity contribution in [2.75, 3.05) is 52.4 Å². The largest absolute Gasteiger partial charge is 0.356 e. The van der Waals surface area contributed by atoms with Gasteiger partial charge in [-0.05, 0) is 44.5 Å². The van der Waals surface area contributed by atoms with Gasteiger partial charge in [-0.2, -0.15) is 0 Å². The van der Waals surface area contributed by atoms with Crippen molar-refractivity contribution in [3.63, 3.8) is 0 Å². The molecule has 2 saturated heterocycles. The zero-order chi connectivity index (χ0) is 17.3. The number of piperazine rings is 1. The first-order valence-electron chi connectivity index (χ1n) is 9.78. The number of halogens is 1. The third-order valence-electron chi connectivity index (χ3n) is 5.37. The Morgan fingerprint density at radius 2 is 1.69 bits per heavy atom. The van der Waals surface area contributed by atoms with Gasteiger partial charge in [-0.15, -0.1) is 12.4 Å². The molecule has 0 bridgehead atoms. The van der Waals surface area contributed by atoms with Gasteiger partial charge < -0.3 is 15.5 Å². The summed E-state index contributed by atoms with van der Waals surface area (Å²) in [5.41, 5.74) is 1.40. The molecule has 5 nitrogen and oxygen atoms in total. The van der Waals surface area contributed by atoms with Crippen molar-refractivity contribution in [3.05, 3.63) is 35.9 Å². The molecule has 0 atom stereocenters. The highest BCUT2D eigenvalue weighted by atomic mass is 35.5. The van der Waals surface area contributed by atoms with Gasteiger partial charge in [0.1, 0.15) is 0 Å². The van der Waals surface area contributed by atoms with Gasteiger partial charge in [0.2, 0.25) is 5.91 Å². The third kappa shape index (κ3) is 6.88. The summed E-state index contributed by atoms with van der Waals surface area (Å²) in [4.78, 5) is 17.2. The van der Waals surface area contributed by atoms with Crippen molar-refractivity contribution < 1.29 is 4.79 Å². The molecule has 2 aliphatic heterocycles. The SMILES string of the molecule is Cl.O=C(NCCCN1CCN(Cc2ccccc2)CC1)C1CCNCC1. The van der Waals surface area contributed by atoms with Crippen molar-refractivity contribution >= 4 is 18.3 Å². The van der Waals surface area contributed by atoms with E-state index in [0.29, 0.717) is 0 Å². The van der Waals surface area contributed by atoms with E-state index in [9.17, 15) is 4.79 Å². The van der Waals surface area contributed by atoms with Crippen molar-refractivity contribution in [2.45, 2.75) is 25.8 Å². The van der Waals surface area contributed by atoms with E-state index in [4.69, 9.17) is 0 Å². The van der Waals surface area contributed by atoms with E-state index in [1.54, 1.807) is 0 Å². The van der Waals surface area contributed by atoms with Crippen LogP contribution in [0.1, 0.15) is 24.8 Å². The van der Waals surface area contributed by atoms with E-state index in [-0.39, 0.29) is 24.2 Å². The maximum Gasteiger partial charge on any atom is 0.223 e. The molecule has 1 aromatic rings. The maximum atomic E-state index is 12.1. The average molecular weight is 381 g/mol. The van der Waals surface area contributed by atoms with Gasteiger partial charge in [0, 0.05) is 45.2 Å². The molecule has 0 aromatic heterocycles. The number of carbonyl (C=O) groups is 1. The third-order valence-corrected chi connectivity index (χ3v) is 5.37. The van der Waals surface area contributed by atoms with Crippen LogP contribution in [-0.4, -0.2) is 68.1 Å². The molecule has 146 valence electrons. The molecule has 1 amide bonds. The number of nitrogens with zero attached hydrogens (tertiary/aromatic N) is 2. The highest BCUT2D eigenvalue weighted by molar-refractivity contribution is 5.85. The number of nitrogens with one attached hydrogen (secondary N) is 2. The summed E-state index contributed by atoms with van der Waals surface area (Å²) in [6.07, 6.45) is 3.01. The van der Waals surface area contributed by atoms with Gasteiger partial charge >= 0.3 is 0 Å². The van der Waals surface area contributed by atoms with Crippen LogP contribution in [0.2, 0.25) is 0 Å². The molecule has 0 radical (unpaired) electrons. The fraction of sp³-hybridized carbons (Fsp3) is 0.650. The summed E-state index contributed by atoms with van der Waals surface area (Å²) in [7, 11) is 0. The van der Waals surface area contributed by atoms with Gasteiger partial charge in [0.15, 0.2) is 0 Å². The van der Waals surface area contributed by atoms with Crippen molar-refractivity contribution in [1.29, 1.82) is 0 Å². The minimum Gasteiger partial charge on any atom is -0.356 e. The van der Waals surface area contributed by atoms with Crippen LogP contribution in [0.3, 0.4) is 0 Å². The minimum atomic E-state index is 0. The van der Waals surface area contributed by atoms with Crippen molar-refractivity contribution in [2.24, 2.45) is 5.92 Å². The fourth-order valence-corrected chi connectivity index (χ4v) is 3.76. The van der Waals surface area contributed by atoms with Crippen LogP contribution in [-0.2, 0) is 11.3 Å². The Balaban J connectivity index is 0.00000243. The summed E-state index contributed by atoms with van der Waals surface area (Å²) in [6, 6.07) is 10.7. The molecule has 26 heavy (non-hydrogen) atoms. The number of hydrogen-bond acceptors (Lipinski definition) is 4. The summed E-state index contributed by atoms with van der Waals surface area (Å²) in [6.45, 7) is 9.45. The number of piperidine rings is 1. The van der Waals surface area contributed by atoms with Gasteiger partial charge in [-0.25, -0.2) is 0 Å². The first kappa shape index (κ1) is 21.2.